The van der Waals surface area contributed by atoms with Crippen molar-refractivity contribution in [2.45, 2.75) is 19.4 Å². The Bertz CT molecular complexity index is 686. The second-order valence-corrected chi connectivity index (χ2v) is 5.95. The number of halogens is 1. The maximum atomic E-state index is 11.7. The Hall–Kier alpha value is -2.08. The fraction of sp³-hybridized carbons (Fsp3) is 0.294. The summed E-state index contributed by atoms with van der Waals surface area (Å²) < 4.78 is 7.90. The topological polar surface area (TPSA) is 60.3 Å². The van der Waals surface area contributed by atoms with Crippen molar-refractivity contribution in [2.75, 3.05) is 13.2 Å². The van der Waals surface area contributed by atoms with Crippen LogP contribution in [0.4, 0.5) is 0 Å². The predicted octanol–water partition coefficient (Wildman–Crippen LogP) is 2.59. The van der Waals surface area contributed by atoms with Crippen LogP contribution in [-0.2, 0) is 11.3 Å². The van der Waals surface area contributed by atoms with Crippen LogP contribution < -0.4 is 15.6 Å². The molecule has 0 saturated carbocycles. The summed E-state index contributed by atoms with van der Waals surface area (Å²) in [5.41, 5.74) is -0.0199. The van der Waals surface area contributed by atoms with Gasteiger partial charge in [-0.1, -0.05) is 18.2 Å². The highest BCUT2D eigenvalue weighted by atomic mass is 79.9. The molecule has 0 fully saturated rings. The van der Waals surface area contributed by atoms with Crippen LogP contribution >= 0.6 is 15.9 Å². The van der Waals surface area contributed by atoms with E-state index >= 15 is 0 Å². The third kappa shape index (κ3) is 6.28. The minimum Gasteiger partial charge on any atom is -0.484 e. The molecular formula is C17H19BrN2O3. The van der Waals surface area contributed by atoms with Crippen molar-refractivity contribution < 1.29 is 9.53 Å². The molecule has 0 aliphatic rings. The highest BCUT2D eigenvalue weighted by Crippen LogP contribution is 2.07. The molecule has 0 aliphatic heterocycles. The van der Waals surface area contributed by atoms with Crippen molar-refractivity contribution in [1.29, 1.82) is 0 Å². The van der Waals surface area contributed by atoms with Gasteiger partial charge in [-0.15, -0.1) is 0 Å². The molecule has 0 unspecified atom stereocenters. The van der Waals surface area contributed by atoms with Gasteiger partial charge in [0.15, 0.2) is 6.61 Å². The summed E-state index contributed by atoms with van der Waals surface area (Å²) in [4.78, 5) is 23.3. The van der Waals surface area contributed by atoms with Gasteiger partial charge in [0.1, 0.15) is 5.75 Å². The number of para-hydroxylation sites is 1. The zero-order valence-corrected chi connectivity index (χ0v) is 14.3. The quantitative estimate of drug-likeness (QED) is 0.718. The Morgan fingerprint density at radius 3 is 2.70 bits per heavy atom. The Morgan fingerprint density at radius 2 is 1.91 bits per heavy atom. The van der Waals surface area contributed by atoms with Gasteiger partial charge >= 0.3 is 0 Å². The first kappa shape index (κ1) is 17.3. The molecule has 2 aromatic rings. The molecule has 1 aromatic carbocycles. The number of aryl methyl sites for hydroxylation is 1. The van der Waals surface area contributed by atoms with E-state index in [1.807, 2.05) is 30.3 Å². The van der Waals surface area contributed by atoms with Crippen LogP contribution in [-0.4, -0.2) is 23.6 Å². The van der Waals surface area contributed by atoms with Crippen molar-refractivity contribution in [2.24, 2.45) is 0 Å². The molecule has 23 heavy (non-hydrogen) atoms. The first-order chi connectivity index (χ1) is 11.1. The van der Waals surface area contributed by atoms with Crippen molar-refractivity contribution >= 4 is 21.8 Å². The van der Waals surface area contributed by atoms with Gasteiger partial charge in [-0.05, 0) is 47.0 Å². The lowest BCUT2D eigenvalue weighted by Gasteiger charge is -2.08. The monoisotopic (exact) mass is 378 g/mol. The van der Waals surface area contributed by atoms with Crippen molar-refractivity contribution in [3.63, 3.8) is 0 Å². The maximum absolute atomic E-state index is 11.7. The maximum Gasteiger partial charge on any atom is 0.257 e. The fourth-order valence-corrected chi connectivity index (χ4v) is 2.41. The molecule has 0 radical (unpaired) electrons. The highest BCUT2D eigenvalue weighted by Gasteiger charge is 2.02. The number of unbranched alkanes of at least 4 members (excludes halogenated alkanes) is 1. The Kier molecular flexibility index (Phi) is 6.87. The molecule has 0 spiro atoms. The summed E-state index contributed by atoms with van der Waals surface area (Å²) in [6.45, 7) is 1.21. The Balaban J connectivity index is 1.61. The van der Waals surface area contributed by atoms with Crippen LogP contribution in [0.15, 0.2) is 57.9 Å². The van der Waals surface area contributed by atoms with E-state index < -0.39 is 0 Å². The second kappa shape index (κ2) is 9.15. The molecule has 1 aromatic heterocycles. The number of ether oxygens (including phenoxy) is 1. The molecular weight excluding hydrogens is 360 g/mol. The number of hydrogen-bond donors (Lipinski definition) is 1. The van der Waals surface area contributed by atoms with E-state index in [9.17, 15) is 9.59 Å². The summed E-state index contributed by atoms with van der Waals surface area (Å²) in [5.74, 6) is 0.533. The first-order valence-electron chi connectivity index (χ1n) is 7.46. The van der Waals surface area contributed by atoms with Crippen LogP contribution in [0.2, 0.25) is 0 Å². The third-order valence-electron chi connectivity index (χ3n) is 3.21. The van der Waals surface area contributed by atoms with Gasteiger partial charge in [0.2, 0.25) is 0 Å². The molecule has 0 saturated heterocycles. The number of amides is 1. The van der Waals surface area contributed by atoms with Crippen LogP contribution in [0.25, 0.3) is 0 Å². The van der Waals surface area contributed by atoms with Crippen LogP contribution in [0.5, 0.6) is 5.75 Å². The Morgan fingerprint density at radius 1 is 1.13 bits per heavy atom. The summed E-state index contributed by atoms with van der Waals surface area (Å²) in [7, 11) is 0. The second-order valence-electron chi connectivity index (χ2n) is 5.04. The number of nitrogens with one attached hydrogen (secondary N) is 1. The van der Waals surface area contributed by atoms with E-state index in [1.165, 1.54) is 6.07 Å². The van der Waals surface area contributed by atoms with Gasteiger partial charge in [-0.25, -0.2) is 0 Å². The number of rotatable bonds is 8. The average Bonchev–Trinajstić information content (AvgIpc) is 2.56. The molecule has 0 bridgehead atoms. The standard InChI is InChI=1S/C17H19BrN2O3/c18-14-8-9-17(22)20(12-14)11-5-4-10-19-16(21)13-23-15-6-2-1-3-7-15/h1-3,6-9,12H,4-5,10-11,13H2,(H,19,21). The number of benzene rings is 1. The van der Waals surface area contributed by atoms with Crippen LogP contribution in [0.1, 0.15) is 12.8 Å². The van der Waals surface area contributed by atoms with Gasteiger partial charge in [0.05, 0.1) is 0 Å². The molecule has 1 N–H and O–H groups in total. The van der Waals surface area contributed by atoms with Gasteiger partial charge in [-0.2, -0.15) is 0 Å². The summed E-state index contributed by atoms with van der Waals surface area (Å²) in [5, 5.41) is 2.80. The lowest BCUT2D eigenvalue weighted by molar-refractivity contribution is -0.123. The number of nitrogens with zero attached hydrogens (tertiary/aromatic N) is 1. The SMILES string of the molecule is O=C(COc1ccccc1)NCCCCn1cc(Br)ccc1=O. The molecule has 0 aliphatic carbocycles. The summed E-state index contributed by atoms with van der Waals surface area (Å²) in [6, 6.07) is 12.5. The molecule has 2 rings (SSSR count). The van der Waals surface area contributed by atoms with Crippen molar-refractivity contribution in [3.8, 4) is 5.75 Å². The molecule has 122 valence electrons. The van der Waals surface area contributed by atoms with Crippen molar-refractivity contribution in [3.05, 3.63) is 63.5 Å². The lowest BCUT2D eigenvalue weighted by Crippen LogP contribution is -2.30. The first-order valence-corrected chi connectivity index (χ1v) is 8.25. The normalized spacial score (nSPS) is 10.3. The number of aromatic nitrogens is 1. The van der Waals surface area contributed by atoms with E-state index in [4.69, 9.17) is 4.74 Å². The fourth-order valence-electron chi connectivity index (χ4n) is 2.03. The number of hydrogen-bond acceptors (Lipinski definition) is 3. The van der Waals surface area contributed by atoms with E-state index in [1.54, 1.807) is 16.8 Å². The third-order valence-corrected chi connectivity index (χ3v) is 3.68. The number of carbonyl (C=O) groups excluding carboxylic acids is 1. The molecule has 0 atom stereocenters. The minimum atomic E-state index is -0.145. The van der Waals surface area contributed by atoms with Crippen molar-refractivity contribution in [1.82, 2.24) is 9.88 Å². The number of carbonyl (C=O) groups is 1. The van der Waals surface area contributed by atoms with E-state index in [0.717, 1.165) is 17.3 Å². The highest BCUT2D eigenvalue weighted by molar-refractivity contribution is 9.10. The smallest absolute Gasteiger partial charge is 0.257 e. The van der Waals surface area contributed by atoms with Crippen LogP contribution in [0, 0.1) is 0 Å². The van der Waals surface area contributed by atoms with Gasteiger partial charge in [0, 0.05) is 29.8 Å². The zero-order chi connectivity index (χ0) is 16.5. The van der Waals surface area contributed by atoms with Gasteiger partial charge in [-0.3, -0.25) is 9.59 Å². The van der Waals surface area contributed by atoms with E-state index in [0.29, 0.717) is 18.8 Å². The predicted molar refractivity (Wildman–Crippen MR) is 92.6 cm³/mol. The molecule has 5 nitrogen and oxygen atoms in total. The summed E-state index contributed by atoms with van der Waals surface area (Å²) in [6.07, 6.45) is 3.39. The molecule has 1 heterocycles. The zero-order valence-electron chi connectivity index (χ0n) is 12.7. The average molecular weight is 379 g/mol. The lowest BCUT2D eigenvalue weighted by atomic mass is 10.3. The summed E-state index contributed by atoms with van der Waals surface area (Å²) >= 11 is 3.34. The van der Waals surface area contributed by atoms with Gasteiger partial charge < -0.3 is 14.6 Å². The number of pyridine rings is 1. The van der Waals surface area contributed by atoms with Gasteiger partial charge in [0.25, 0.3) is 11.5 Å². The molecule has 1 amide bonds. The van der Waals surface area contributed by atoms with E-state index in [-0.39, 0.29) is 18.1 Å². The van der Waals surface area contributed by atoms with E-state index in [2.05, 4.69) is 21.2 Å². The Labute approximate surface area is 143 Å². The minimum absolute atomic E-state index is 0.00903. The van der Waals surface area contributed by atoms with Crippen LogP contribution in [0.3, 0.4) is 0 Å². The largest absolute Gasteiger partial charge is 0.484 e. The molecule has 6 heteroatoms.